The van der Waals surface area contributed by atoms with Crippen LogP contribution in [-0.4, -0.2) is 73.0 Å². The van der Waals surface area contributed by atoms with Gasteiger partial charge < -0.3 is 14.2 Å². The van der Waals surface area contributed by atoms with E-state index in [0.29, 0.717) is 38.1 Å². The third-order valence-corrected chi connectivity index (χ3v) is 7.40. The van der Waals surface area contributed by atoms with Gasteiger partial charge in [-0.15, -0.1) is 0 Å². The summed E-state index contributed by atoms with van der Waals surface area (Å²) in [4.78, 5) is 19.5. The van der Waals surface area contributed by atoms with E-state index in [4.69, 9.17) is 4.74 Å². The summed E-state index contributed by atoms with van der Waals surface area (Å²) in [5, 5.41) is 0. The van der Waals surface area contributed by atoms with Crippen LogP contribution < -0.4 is 0 Å². The van der Waals surface area contributed by atoms with Gasteiger partial charge in [-0.25, -0.2) is 17.7 Å². The normalized spacial score (nSPS) is 17.8. The molecule has 1 saturated heterocycles. The number of aryl methyl sites for hydroxylation is 2. The van der Waals surface area contributed by atoms with E-state index in [2.05, 4.69) is 4.98 Å². The topological polar surface area (TPSA) is 84.7 Å². The lowest BCUT2D eigenvalue weighted by Crippen LogP contribution is -2.43. The van der Waals surface area contributed by atoms with Crippen LogP contribution >= 0.6 is 0 Å². The lowest BCUT2D eigenvalue weighted by Gasteiger charge is -2.32. The SMILES string of the molecule is CCOC1CCCN(C(=O)CCc2nc3cc(S(=O)(=O)N(C)C)ccc3n2CC)C1. The number of aromatic nitrogens is 2. The Balaban J connectivity index is 1.76. The first kappa shape index (κ1) is 22.7. The fourth-order valence-electron chi connectivity index (χ4n) is 3.99. The van der Waals surface area contributed by atoms with Crippen molar-refractivity contribution in [2.75, 3.05) is 33.8 Å². The van der Waals surface area contributed by atoms with Gasteiger partial charge in [-0.2, -0.15) is 0 Å². The van der Waals surface area contributed by atoms with E-state index in [9.17, 15) is 13.2 Å². The molecule has 166 valence electrons. The first-order chi connectivity index (χ1) is 14.3. The molecule has 1 fully saturated rings. The fourth-order valence-corrected chi connectivity index (χ4v) is 4.91. The number of piperidine rings is 1. The number of nitrogens with zero attached hydrogens (tertiary/aromatic N) is 4. The molecule has 2 aromatic rings. The Hall–Kier alpha value is -1.97. The zero-order valence-electron chi connectivity index (χ0n) is 18.3. The van der Waals surface area contributed by atoms with E-state index >= 15 is 0 Å². The lowest BCUT2D eigenvalue weighted by molar-refractivity contribution is -0.135. The van der Waals surface area contributed by atoms with Crippen molar-refractivity contribution in [3.05, 3.63) is 24.0 Å². The van der Waals surface area contributed by atoms with E-state index in [1.165, 1.54) is 18.4 Å². The van der Waals surface area contributed by atoms with E-state index in [1.807, 2.05) is 23.3 Å². The Kier molecular flexibility index (Phi) is 7.15. The molecular formula is C21H32N4O4S. The Bertz CT molecular complexity index is 998. The third kappa shape index (κ3) is 4.68. The number of likely N-dealkylation sites (tertiary alicyclic amines) is 1. The zero-order valence-corrected chi connectivity index (χ0v) is 19.1. The minimum Gasteiger partial charge on any atom is -0.377 e. The van der Waals surface area contributed by atoms with Gasteiger partial charge in [0, 0.05) is 53.2 Å². The molecule has 0 spiro atoms. The number of hydrogen-bond acceptors (Lipinski definition) is 5. The van der Waals surface area contributed by atoms with Crippen LogP contribution in [0.4, 0.5) is 0 Å². The van der Waals surface area contributed by atoms with Crippen molar-refractivity contribution >= 4 is 27.0 Å². The van der Waals surface area contributed by atoms with Gasteiger partial charge >= 0.3 is 0 Å². The average molecular weight is 437 g/mol. The van der Waals surface area contributed by atoms with E-state index in [0.717, 1.165) is 30.7 Å². The van der Waals surface area contributed by atoms with Crippen LogP contribution in [-0.2, 0) is 32.5 Å². The molecule has 30 heavy (non-hydrogen) atoms. The Labute approximate surface area is 178 Å². The molecule has 0 bridgehead atoms. The molecule has 1 aromatic carbocycles. The lowest BCUT2D eigenvalue weighted by atomic mass is 10.1. The van der Waals surface area contributed by atoms with Gasteiger partial charge in [-0.05, 0) is 44.9 Å². The zero-order chi connectivity index (χ0) is 21.9. The fraction of sp³-hybridized carbons (Fsp3) is 0.619. The number of imidazole rings is 1. The van der Waals surface area contributed by atoms with Crippen LogP contribution in [0, 0.1) is 0 Å². The molecule has 1 aliphatic heterocycles. The molecule has 1 aliphatic rings. The quantitative estimate of drug-likeness (QED) is 0.634. The smallest absolute Gasteiger partial charge is 0.242 e. The first-order valence-electron chi connectivity index (χ1n) is 10.6. The van der Waals surface area contributed by atoms with Crippen LogP contribution in [0.5, 0.6) is 0 Å². The predicted octanol–water partition coefficient (Wildman–Crippen LogP) is 2.27. The molecule has 1 atom stereocenters. The van der Waals surface area contributed by atoms with Gasteiger partial charge in [0.15, 0.2) is 0 Å². The Morgan fingerprint density at radius 2 is 2.07 bits per heavy atom. The molecule has 0 saturated carbocycles. The van der Waals surface area contributed by atoms with Gasteiger partial charge in [-0.3, -0.25) is 4.79 Å². The van der Waals surface area contributed by atoms with Gasteiger partial charge in [0.25, 0.3) is 0 Å². The second kappa shape index (κ2) is 9.45. The molecule has 2 heterocycles. The maximum Gasteiger partial charge on any atom is 0.242 e. The van der Waals surface area contributed by atoms with E-state index in [1.54, 1.807) is 18.2 Å². The first-order valence-corrected chi connectivity index (χ1v) is 12.0. The minimum absolute atomic E-state index is 0.116. The van der Waals surface area contributed by atoms with Crippen LogP contribution in [0.15, 0.2) is 23.1 Å². The van der Waals surface area contributed by atoms with Crippen molar-refractivity contribution in [2.45, 2.75) is 57.1 Å². The molecule has 0 aliphatic carbocycles. The number of fused-ring (bicyclic) bond motifs is 1. The highest BCUT2D eigenvalue weighted by atomic mass is 32.2. The Morgan fingerprint density at radius 1 is 1.30 bits per heavy atom. The minimum atomic E-state index is -3.52. The van der Waals surface area contributed by atoms with Crippen LogP contribution in [0.2, 0.25) is 0 Å². The molecule has 9 heteroatoms. The monoisotopic (exact) mass is 436 g/mol. The highest BCUT2D eigenvalue weighted by Gasteiger charge is 2.24. The van der Waals surface area contributed by atoms with Gasteiger partial charge in [0.1, 0.15) is 5.82 Å². The molecule has 8 nitrogen and oxygen atoms in total. The van der Waals surface area contributed by atoms with Gasteiger partial charge in [0.05, 0.1) is 22.0 Å². The van der Waals surface area contributed by atoms with Crippen molar-refractivity contribution in [1.82, 2.24) is 18.8 Å². The van der Waals surface area contributed by atoms with Gasteiger partial charge in [0.2, 0.25) is 15.9 Å². The number of benzene rings is 1. The standard InChI is InChI=1S/C21H32N4O4S/c1-5-25-19-10-9-17(30(27,28)23(3)4)14-18(19)22-20(25)11-12-21(26)24-13-7-8-16(15-24)29-6-2/h9-10,14,16H,5-8,11-13,15H2,1-4H3. The summed E-state index contributed by atoms with van der Waals surface area (Å²) in [5.74, 6) is 0.920. The molecule has 1 amide bonds. The number of ether oxygens (including phenoxy) is 1. The molecular weight excluding hydrogens is 404 g/mol. The largest absolute Gasteiger partial charge is 0.377 e. The van der Waals surface area contributed by atoms with Crippen molar-refractivity contribution in [2.24, 2.45) is 0 Å². The summed E-state index contributed by atoms with van der Waals surface area (Å²) in [7, 11) is -0.494. The van der Waals surface area contributed by atoms with Crippen molar-refractivity contribution in [1.29, 1.82) is 0 Å². The highest BCUT2D eigenvalue weighted by Crippen LogP contribution is 2.23. The van der Waals surface area contributed by atoms with Crippen LogP contribution in [0.3, 0.4) is 0 Å². The maximum atomic E-state index is 12.7. The Morgan fingerprint density at radius 3 is 2.73 bits per heavy atom. The molecule has 1 aromatic heterocycles. The average Bonchev–Trinajstić information content (AvgIpc) is 3.09. The summed E-state index contributed by atoms with van der Waals surface area (Å²) in [6, 6.07) is 5.02. The summed E-state index contributed by atoms with van der Waals surface area (Å²) in [6.45, 7) is 6.80. The summed E-state index contributed by atoms with van der Waals surface area (Å²) in [5.41, 5.74) is 1.52. The summed E-state index contributed by atoms with van der Waals surface area (Å²) < 4.78 is 33.8. The number of amides is 1. The number of hydrogen-bond donors (Lipinski definition) is 0. The van der Waals surface area contributed by atoms with Crippen LogP contribution in [0.1, 0.15) is 38.9 Å². The van der Waals surface area contributed by atoms with Crippen molar-refractivity contribution < 1.29 is 17.9 Å². The van der Waals surface area contributed by atoms with Gasteiger partial charge in [-0.1, -0.05) is 0 Å². The number of sulfonamides is 1. The van der Waals surface area contributed by atoms with Crippen LogP contribution in [0.25, 0.3) is 11.0 Å². The number of rotatable bonds is 8. The summed E-state index contributed by atoms with van der Waals surface area (Å²) in [6.07, 6.45) is 3.00. The molecule has 0 N–H and O–H groups in total. The van der Waals surface area contributed by atoms with Crippen molar-refractivity contribution in [3.63, 3.8) is 0 Å². The summed E-state index contributed by atoms with van der Waals surface area (Å²) >= 11 is 0. The highest BCUT2D eigenvalue weighted by molar-refractivity contribution is 7.89. The van der Waals surface area contributed by atoms with E-state index < -0.39 is 10.0 Å². The molecule has 1 unspecified atom stereocenters. The third-order valence-electron chi connectivity index (χ3n) is 5.59. The number of carbonyl (C=O) groups is 1. The molecule has 0 radical (unpaired) electrons. The molecule has 3 rings (SSSR count). The number of carbonyl (C=O) groups excluding carboxylic acids is 1. The second-order valence-electron chi connectivity index (χ2n) is 7.77. The predicted molar refractivity (Wildman–Crippen MR) is 116 cm³/mol. The second-order valence-corrected chi connectivity index (χ2v) is 9.92. The van der Waals surface area contributed by atoms with Crippen molar-refractivity contribution in [3.8, 4) is 0 Å². The van der Waals surface area contributed by atoms with E-state index in [-0.39, 0.29) is 16.9 Å². The maximum absolute atomic E-state index is 12.7.